The summed E-state index contributed by atoms with van der Waals surface area (Å²) in [5, 5.41) is 6.51. The molecule has 1 aromatic heterocycles. The number of anilines is 2. The maximum atomic E-state index is 13.1. The molecule has 0 unspecified atom stereocenters. The molecule has 1 aliphatic heterocycles. The molecule has 10 nitrogen and oxygen atoms in total. The van der Waals surface area contributed by atoms with Crippen LogP contribution >= 0.6 is 0 Å². The van der Waals surface area contributed by atoms with E-state index in [4.69, 9.17) is 19.0 Å². The molecule has 0 spiro atoms. The number of esters is 1. The number of amides is 1. The van der Waals surface area contributed by atoms with Crippen molar-refractivity contribution in [2.75, 3.05) is 43.1 Å². The van der Waals surface area contributed by atoms with Gasteiger partial charge in [0, 0.05) is 13.1 Å². The number of hydrogen-bond acceptors (Lipinski definition) is 8. The van der Waals surface area contributed by atoms with Crippen molar-refractivity contribution in [2.24, 2.45) is 5.14 Å². The van der Waals surface area contributed by atoms with Gasteiger partial charge in [-0.25, -0.2) is 18.4 Å². The molecule has 2 heterocycles. The minimum Gasteiger partial charge on any atom is -0.450 e. The quantitative estimate of drug-likeness (QED) is 0.598. The number of benzene rings is 1. The number of sulfonamides is 1. The van der Waals surface area contributed by atoms with Gasteiger partial charge in [-0.15, -0.1) is 0 Å². The molecule has 0 bridgehead atoms. The Morgan fingerprint density at radius 2 is 1.84 bits per heavy atom. The van der Waals surface area contributed by atoms with Crippen molar-refractivity contribution in [3.8, 4) is 0 Å². The number of morpholine rings is 1. The summed E-state index contributed by atoms with van der Waals surface area (Å²) in [6.45, 7) is 0.705. The molecule has 3 N–H and O–H groups in total. The number of ether oxygens (including phenoxy) is 2. The van der Waals surface area contributed by atoms with E-state index in [1.807, 2.05) is 0 Å². The lowest BCUT2D eigenvalue weighted by atomic mass is 10.1. The number of halogens is 3. The summed E-state index contributed by atoms with van der Waals surface area (Å²) in [5.41, 5.74) is -0.727. The SMILES string of the molecule is NS(=O)(=O)c1ccc(C(=O)OCC(=O)Nc2cc(C(F)(F)F)ccc2N2CCOCC2)o1. The largest absolute Gasteiger partial charge is 0.450 e. The van der Waals surface area contributed by atoms with Crippen LogP contribution in [0, 0.1) is 0 Å². The zero-order valence-electron chi connectivity index (χ0n) is 16.3. The summed E-state index contributed by atoms with van der Waals surface area (Å²) in [6, 6.07) is 4.86. The van der Waals surface area contributed by atoms with Crippen LogP contribution in [0.3, 0.4) is 0 Å². The average molecular weight is 477 g/mol. The van der Waals surface area contributed by atoms with Crippen LogP contribution in [0.15, 0.2) is 39.8 Å². The molecule has 0 saturated carbocycles. The number of nitrogens with one attached hydrogen (secondary N) is 1. The first-order chi connectivity index (χ1) is 14.9. The number of hydrogen-bond donors (Lipinski definition) is 2. The van der Waals surface area contributed by atoms with E-state index in [0.29, 0.717) is 32.0 Å². The van der Waals surface area contributed by atoms with Crippen LogP contribution < -0.4 is 15.4 Å². The Bertz CT molecular complexity index is 1110. The molecule has 0 radical (unpaired) electrons. The van der Waals surface area contributed by atoms with Gasteiger partial charge in [0.05, 0.1) is 30.2 Å². The molecule has 1 aromatic carbocycles. The molecule has 32 heavy (non-hydrogen) atoms. The van der Waals surface area contributed by atoms with Gasteiger partial charge in [-0.05, 0) is 30.3 Å². The van der Waals surface area contributed by atoms with Crippen LogP contribution in [0.25, 0.3) is 0 Å². The summed E-state index contributed by atoms with van der Waals surface area (Å²) < 4.78 is 76.4. The number of carbonyl (C=O) groups is 2. The lowest BCUT2D eigenvalue weighted by molar-refractivity contribution is -0.137. The van der Waals surface area contributed by atoms with Crippen LogP contribution in [0.2, 0.25) is 0 Å². The van der Waals surface area contributed by atoms with E-state index in [2.05, 4.69) is 5.32 Å². The highest BCUT2D eigenvalue weighted by Crippen LogP contribution is 2.35. The lowest BCUT2D eigenvalue weighted by Crippen LogP contribution is -2.37. The van der Waals surface area contributed by atoms with Crippen molar-refractivity contribution in [3.63, 3.8) is 0 Å². The highest BCUT2D eigenvalue weighted by Gasteiger charge is 2.32. The number of nitrogens with two attached hydrogens (primary N) is 1. The normalized spacial score (nSPS) is 14.8. The van der Waals surface area contributed by atoms with Crippen LogP contribution in [-0.2, 0) is 30.5 Å². The first kappa shape index (κ1) is 23.6. The average Bonchev–Trinajstić information content (AvgIpc) is 3.23. The van der Waals surface area contributed by atoms with Crippen molar-refractivity contribution in [3.05, 3.63) is 41.7 Å². The Morgan fingerprint density at radius 1 is 1.16 bits per heavy atom. The number of alkyl halides is 3. The lowest BCUT2D eigenvalue weighted by Gasteiger charge is -2.31. The predicted molar refractivity (Wildman–Crippen MR) is 103 cm³/mol. The van der Waals surface area contributed by atoms with E-state index in [0.717, 1.165) is 24.3 Å². The van der Waals surface area contributed by atoms with E-state index >= 15 is 0 Å². The molecule has 2 aromatic rings. The monoisotopic (exact) mass is 477 g/mol. The van der Waals surface area contributed by atoms with Gasteiger partial charge in [-0.3, -0.25) is 4.79 Å². The number of carbonyl (C=O) groups excluding carboxylic acids is 2. The number of primary sulfonamides is 1. The van der Waals surface area contributed by atoms with Crippen molar-refractivity contribution in [1.82, 2.24) is 0 Å². The fraction of sp³-hybridized carbons (Fsp3) is 0.333. The third kappa shape index (κ3) is 5.77. The predicted octanol–water partition coefficient (Wildman–Crippen LogP) is 1.58. The summed E-state index contributed by atoms with van der Waals surface area (Å²) in [4.78, 5) is 25.9. The maximum Gasteiger partial charge on any atom is 0.416 e. The van der Waals surface area contributed by atoms with Crippen LogP contribution in [0.4, 0.5) is 24.5 Å². The second-order valence-electron chi connectivity index (χ2n) is 6.62. The summed E-state index contributed by atoms with van der Waals surface area (Å²) >= 11 is 0. The molecule has 0 atom stereocenters. The standard InChI is InChI=1S/C18H18F3N3O7S/c19-18(20,21)11-1-2-13(24-5-7-29-8-6-24)12(9-11)23-15(25)10-30-17(26)14-3-4-16(31-14)32(22,27)28/h1-4,9H,5-8,10H2,(H,23,25)(H2,22,27,28). The van der Waals surface area contributed by atoms with Crippen LogP contribution in [0.5, 0.6) is 0 Å². The number of furan rings is 1. The van der Waals surface area contributed by atoms with Crippen molar-refractivity contribution < 1.29 is 45.1 Å². The molecule has 3 rings (SSSR count). The summed E-state index contributed by atoms with van der Waals surface area (Å²) in [5.74, 6) is -2.59. The third-order valence-electron chi connectivity index (χ3n) is 4.35. The van der Waals surface area contributed by atoms with E-state index in [9.17, 15) is 31.2 Å². The van der Waals surface area contributed by atoms with Crippen molar-refractivity contribution in [2.45, 2.75) is 11.3 Å². The van der Waals surface area contributed by atoms with E-state index in [-0.39, 0.29) is 5.69 Å². The van der Waals surface area contributed by atoms with Gasteiger partial charge in [0.1, 0.15) is 0 Å². The van der Waals surface area contributed by atoms with Crippen molar-refractivity contribution in [1.29, 1.82) is 0 Å². The van der Waals surface area contributed by atoms with Crippen LogP contribution in [-0.4, -0.2) is 53.2 Å². The first-order valence-electron chi connectivity index (χ1n) is 9.09. The highest BCUT2D eigenvalue weighted by atomic mass is 32.2. The number of rotatable bonds is 6. The number of nitrogens with zero attached hydrogens (tertiary/aromatic N) is 1. The Kier molecular flexibility index (Phi) is 6.76. The van der Waals surface area contributed by atoms with Gasteiger partial charge in [0.25, 0.3) is 15.9 Å². The van der Waals surface area contributed by atoms with Crippen LogP contribution in [0.1, 0.15) is 16.1 Å². The molecule has 1 amide bonds. The van der Waals surface area contributed by atoms with Gasteiger partial charge < -0.3 is 24.1 Å². The van der Waals surface area contributed by atoms with Gasteiger partial charge in [0.15, 0.2) is 6.61 Å². The zero-order valence-corrected chi connectivity index (χ0v) is 17.2. The minimum atomic E-state index is -4.63. The molecule has 0 aliphatic carbocycles. The molecule has 14 heteroatoms. The van der Waals surface area contributed by atoms with Gasteiger partial charge in [0.2, 0.25) is 10.9 Å². The third-order valence-corrected chi connectivity index (χ3v) is 5.13. The van der Waals surface area contributed by atoms with Gasteiger partial charge in [-0.2, -0.15) is 13.2 Å². The molecule has 1 aliphatic rings. The zero-order chi connectivity index (χ0) is 23.5. The highest BCUT2D eigenvalue weighted by molar-refractivity contribution is 7.89. The molecule has 1 fully saturated rings. The fourth-order valence-corrected chi connectivity index (χ4v) is 3.33. The molecule has 1 saturated heterocycles. The van der Waals surface area contributed by atoms with Gasteiger partial charge in [-0.1, -0.05) is 0 Å². The van der Waals surface area contributed by atoms with E-state index in [1.54, 1.807) is 4.90 Å². The molecular weight excluding hydrogens is 459 g/mol. The smallest absolute Gasteiger partial charge is 0.416 e. The Morgan fingerprint density at radius 3 is 2.44 bits per heavy atom. The second-order valence-corrected chi connectivity index (χ2v) is 8.11. The summed E-state index contributed by atoms with van der Waals surface area (Å²) in [7, 11) is -4.18. The minimum absolute atomic E-state index is 0.114. The Labute approximate surface area is 180 Å². The maximum absolute atomic E-state index is 13.1. The first-order valence-corrected chi connectivity index (χ1v) is 10.6. The Balaban J connectivity index is 1.71. The fourth-order valence-electron chi connectivity index (χ4n) is 2.86. The Hall–Kier alpha value is -3.10. The summed E-state index contributed by atoms with van der Waals surface area (Å²) in [6.07, 6.45) is -4.63. The van der Waals surface area contributed by atoms with Gasteiger partial charge >= 0.3 is 12.1 Å². The molecular formula is C18H18F3N3O7S. The van der Waals surface area contributed by atoms with E-state index < -0.39 is 51.1 Å². The second kappa shape index (κ2) is 9.18. The van der Waals surface area contributed by atoms with E-state index in [1.165, 1.54) is 6.07 Å². The topological polar surface area (TPSA) is 141 Å². The molecule has 174 valence electrons. The van der Waals surface area contributed by atoms with Crippen molar-refractivity contribution >= 4 is 33.3 Å².